The van der Waals surface area contributed by atoms with Gasteiger partial charge < -0.3 is 15.3 Å². The molecule has 1 aliphatic heterocycles. The number of anilines is 2. The van der Waals surface area contributed by atoms with Crippen LogP contribution in [0.1, 0.15) is 30.9 Å². The van der Waals surface area contributed by atoms with Gasteiger partial charge in [-0.3, -0.25) is 9.78 Å². The first-order chi connectivity index (χ1) is 18.8. The number of halogens is 4. The minimum absolute atomic E-state index is 0.125. The third-order valence-electron chi connectivity index (χ3n) is 6.95. The van der Waals surface area contributed by atoms with Gasteiger partial charge in [-0.15, -0.1) is 0 Å². The highest BCUT2D eigenvalue weighted by atomic mass is 35.5. The molecule has 3 heterocycles. The second kappa shape index (κ2) is 11.4. The summed E-state index contributed by atoms with van der Waals surface area (Å²) in [6.07, 6.45) is 3.52. The molecule has 0 amide bonds. The maximum absolute atomic E-state index is 14.4. The van der Waals surface area contributed by atoms with E-state index in [9.17, 15) is 18.0 Å². The standard InChI is InChI=1S/C28H25ClF3N5O2/c29-21-15-33-23-6-5-17(12-20(23)25(21)36-26(27(31)32)19-3-1-2-4-22(19)30)18-13-34-28(35-14-18)37-9-7-16(8-10-37)11-24(38)39/h1-6,12-16,26-27H,7-11H2,(H,33,36)(H,38,39)/t26-/m0/s1. The van der Waals surface area contributed by atoms with Crippen LogP contribution < -0.4 is 10.2 Å². The number of piperidine rings is 1. The molecule has 7 nitrogen and oxygen atoms in total. The number of benzene rings is 2. The lowest BCUT2D eigenvalue weighted by atomic mass is 9.94. The van der Waals surface area contributed by atoms with E-state index in [2.05, 4.69) is 20.3 Å². The lowest BCUT2D eigenvalue weighted by molar-refractivity contribution is -0.138. The molecular formula is C28H25ClF3N5O2. The molecule has 1 atom stereocenters. The van der Waals surface area contributed by atoms with E-state index in [-0.39, 0.29) is 28.6 Å². The Morgan fingerprint density at radius 2 is 1.77 bits per heavy atom. The first-order valence-corrected chi connectivity index (χ1v) is 12.8. The average Bonchev–Trinajstić information content (AvgIpc) is 2.93. The monoisotopic (exact) mass is 555 g/mol. The lowest BCUT2D eigenvalue weighted by Gasteiger charge is -2.31. The van der Waals surface area contributed by atoms with E-state index < -0.39 is 24.3 Å². The molecule has 1 fully saturated rings. The van der Waals surface area contributed by atoms with Gasteiger partial charge in [0.15, 0.2) is 0 Å². The molecule has 2 aromatic heterocycles. The van der Waals surface area contributed by atoms with Crippen LogP contribution in [0.25, 0.3) is 22.0 Å². The molecule has 202 valence electrons. The molecule has 0 saturated carbocycles. The van der Waals surface area contributed by atoms with Gasteiger partial charge in [0.1, 0.15) is 11.9 Å². The predicted molar refractivity (Wildman–Crippen MR) is 144 cm³/mol. The van der Waals surface area contributed by atoms with Crippen LogP contribution in [0.15, 0.2) is 61.1 Å². The molecular weight excluding hydrogens is 531 g/mol. The zero-order chi connectivity index (χ0) is 27.5. The number of pyridine rings is 1. The summed E-state index contributed by atoms with van der Waals surface area (Å²) >= 11 is 6.40. The van der Waals surface area contributed by atoms with E-state index in [1.165, 1.54) is 24.4 Å². The van der Waals surface area contributed by atoms with Crippen molar-refractivity contribution in [3.05, 3.63) is 77.5 Å². The van der Waals surface area contributed by atoms with Crippen molar-refractivity contribution in [1.82, 2.24) is 15.0 Å². The summed E-state index contributed by atoms with van der Waals surface area (Å²) in [5.74, 6) is -0.808. The Morgan fingerprint density at radius 3 is 2.44 bits per heavy atom. The Hall–Kier alpha value is -3.92. The Morgan fingerprint density at radius 1 is 1.05 bits per heavy atom. The first kappa shape index (κ1) is 26.7. The van der Waals surface area contributed by atoms with Crippen LogP contribution in [-0.4, -0.2) is 45.5 Å². The normalized spacial score (nSPS) is 15.1. The van der Waals surface area contributed by atoms with Crippen LogP contribution in [0.4, 0.5) is 24.8 Å². The van der Waals surface area contributed by atoms with Crippen molar-refractivity contribution < 1.29 is 23.1 Å². The van der Waals surface area contributed by atoms with E-state index in [1.54, 1.807) is 24.5 Å². The average molecular weight is 556 g/mol. The molecule has 4 aromatic rings. The number of nitrogens with one attached hydrogen (secondary N) is 1. The zero-order valence-corrected chi connectivity index (χ0v) is 21.5. The third-order valence-corrected chi connectivity index (χ3v) is 7.23. The number of hydrogen-bond acceptors (Lipinski definition) is 6. The summed E-state index contributed by atoms with van der Waals surface area (Å²) in [7, 11) is 0. The van der Waals surface area contributed by atoms with E-state index in [0.29, 0.717) is 35.5 Å². The van der Waals surface area contributed by atoms with Crippen LogP contribution in [-0.2, 0) is 4.79 Å². The number of carbonyl (C=O) groups is 1. The number of nitrogens with zero attached hydrogens (tertiary/aromatic N) is 4. The number of alkyl halides is 2. The molecule has 11 heteroatoms. The number of hydrogen-bond donors (Lipinski definition) is 2. The number of aromatic nitrogens is 3. The second-order valence-corrected chi connectivity index (χ2v) is 9.90. The largest absolute Gasteiger partial charge is 0.481 e. The Labute approximate surface area is 227 Å². The van der Waals surface area contributed by atoms with Gasteiger partial charge in [-0.25, -0.2) is 23.1 Å². The van der Waals surface area contributed by atoms with Crippen LogP contribution >= 0.6 is 11.6 Å². The van der Waals surface area contributed by atoms with Crippen LogP contribution in [0, 0.1) is 11.7 Å². The van der Waals surface area contributed by atoms with Crippen molar-refractivity contribution >= 4 is 40.1 Å². The molecule has 0 spiro atoms. The van der Waals surface area contributed by atoms with Crippen LogP contribution in [0.3, 0.4) is 0 Å². The van der Waals surface area contributed by atoms with E-state index >= 15 is 0 Å². The maximum atomic E-state index is 14.4. The van der Waals surface area contributed by atoms with Gasteiger partial charge in [-0.2, -0.15) is 0 Å². The Bertz CT molecular complexity index is 1480. The predicted octanol–water partition coefficient (Wildman–Crippen LogP) is 6.59. The molecule has 39 heavy (non-hydrogen) atoms. The fourth-order valence-corrected chi connectivity index (χ4v) is 5.08. The number of carboxylic acid groups (broad SMARTS) is 1. The Kier molecular flexibility index (Phi) is 7.83. The van der Waals surface area contributed by atoms with E-state index in [4.69, 9.17) is 16.7 Å². The number of rotatable bonds is 8. The molecule has 2 aromatic carbocycles. The molecule has 1 aliphatic rings. The molecule has 5 rings (SSSR count). The van der Waals surface area contributed by atoms with Gasteiger partial charge in [0.2, 0.25) is 5.95 Å². The van der Waals surface area contributed by atoms with Gasteiger partial charge in [-0.05, 0) is 42.5 Å². The van der Waals surface area contributed by atoms with Crippen LogP contribution in [0.2, 0.25) is 5.02 Å². The topological polar surface area (TPSA) is 91.2 Å². The van der Waals surface area contributed by atoms with Gasteiger partial charge in [0.25, 0.3) is 6.43 Å². The molecule has 2 N–H and O–H groups in total. The smallest absolute Gasteiger partial charge is 0.303 e. The van der Waals surface area contributed by atoms with Crippen molar-refractivity contribution in [3.63, 3.8) is 0 Å². The maximum Gasteiger partial charge on any atom is 0.303 e. The van der Waals surface area contributed by atoms with Crippen molar-refractivity contribution in [2.24, 2.45) is 5.92 Å². The molecule has 0 bridgehead atoms. The van der Waals surface area contributed by atoms with Gasteiger partial charge in [0.05, 0.1) is 16.2 Å². The van der Waals surface area contributed by atoms with Crippen molar-refractivity contribution in [2.45, 2.75) is 31.7 Å². The molecule has 0 radical (unpaired) electrons. The number of carboxylic acids is 1. The Balaban J connectivity index is 1.41. The first-order valence-electron chi connectivity index (χ1n) is 12.5. The highest BCUT2D eigenvalue weighted by molar-refractivity contribution is 6.34. The summed E-state index contributed by atoms with van der Waals surface area (Å²) in [5.41, 5.74) is 2.00. The highest BCUT2D eigenvalue weighted by Crippen LogP contribution is 2.37. The highest BCUT2D eigenvalue weighted by Gasteiger charge is 2.27. The minimum atomic E-state index is -2.90. The van der Waals surface area contributed by atoms with Crippen molar-refractivity contribution in [1.29, 1.82) is 0 Å². The lowest BCUT2D eigenvalue weighted by Crippen LogP contribution is -2.35. The third kappa shape index (κ3) is 5.90. The molecule has 1 saturated heterocycles. The van der Waals surface area contributed by atoms with Gasteiger partial charge >= 0.3 is 5.97 Å². The van der Waals surface area contributed by atoms with E-state index in [1.807, 2.05) is 11.0 Å². The summed E-state index contributed by atoms with van der Waals surface area (Å²) in [6.45, 7) is 1.36. The second-order valence-electron chi connectivity index (χ2n) is 9.49. The minimum Gasteiger partial charge on any atom is -0.481 e. The summed E-state index contributed by atoms with van der Waals surface area (Å²) in [6, 6.07) is 9.10. The zero-order valence-electron chi connectivity index (χ0n) is 20.7. The summed E-state index contributed by atoms with van der Waals surface area (Å²) in [4.78, 5) is 26.3. The van der Waals surface area contributed by atoms with Crippen LogP contribution in [0.5, 0.6) is 0 Å². The summed E-state index contributed by atoms with van der Waals surface area (Å²) in [5, 5.41) is 12.4. The molecule has 0 aliphatic carbocycles. The molecule has 0 unspecified atom stereocenters. The SMILES string of the molecule is O=C(O)CC1CCN(c2ncc(-c3ccc4ncc(Cl)c(N[C@@H](c5ccccc5F)C(F)F)c4c3)cn2)CC1. The van der Waals surface area contributed by atoms with Gasteiger partial charge in [-0.1, -0.05) is 35.9 Å². The fourth-order valence-electron chi connectivity index (χ4n) is 4.87. The summed E-state index contributed by atoms with van der Waals surface area (Å²) < 4.78 is 42.5. The number of aliphatic carboxylic acids is 1. The quantitative estimate of drug-likeness (QED) is 0.253. The fraction of sp³-hybridized carbons (Fsp3) is 0.286. The van der Waals surface area contributed by atoms with E-state index in [0.717, 1.165) is 24.5 Å². The van der Waals surface area contributed by atoms with Crippen molar-refractivity contribution in [3.8, 4) is 11.1 Å². The number of fused-ring (bicyclic) bond motifs is 1. The van der Waals surface area contributed by atoms with Crippen molar-refractivity contribution in [2.75, 3.05) is 23.3 Å². The van der Waals surface area contributed by atoms with Gasteiger partial charge in [0, 0.05) is 54.6 Å².